The van der Waals surface area contributed by atoms with Gasteiger partial charge in [-0.2, -0.15) is 0 Å². The Morgan fingerprint density at radius 2 is 1.68 bits per heavy atom. The fourth-order valence-corrected chi connectivity index (χ4v) is 2.21. The van der Waals surface area contributed by atoms with E-state index >= 15 is 0 Å². The van der Waals surface area contributed by atoms with Gasteiger partial charge in [0.1, 0.15) is 0 Å². The molecule has 2 aromatic rings. The number of hydrogen-bond donors (Lipinski definition) is 1. The van der Waals surface area contributed by atoms with Gasteiger partial charge in [0.15, 0.2) is 0 Å². The van der Waals surface area contributed by atoms with Crippen LogP contribution in [0.25, 0.3) is 0 Å². The van der Waals surface area contributed by atoms with E-state index in [0.29, 0.717) is 0 Å². The monoisotopic (exact) mass is 257 g/mol. The van der Waals surface area contributed by atoms with Crippen molar-refractivity contribution in [2.75, 3.05) is 0 Å². The van der Waals surface area contributed by atoms with Gasteiger partial charge in [0.25, 0.3) is 0 Å². The third kappa shape index (κ3) is 3.48. The van der Waals surface area contributed by atoms with E-state index in [0.717, 1.165) is 18.5 Å². The summed E-state index contributed by atoms with van der Waals surface area (Å²) in [4.78, 5) is 0. The Kier molecular flexibility index (Phi) is 4.43. The number of rotatable bonds is 5. The molecule has 19 heavy (non-hydrogen) atoms. The molecule has 1 atom stereocenters. The van der Waals surface area contributed by atoms with Gasteiger partial charge in [-0.15, -0.1) is 0 Å². The first-order valence-electron chi connectivity index (χ1n) is 7.01. The van der Waals surface area contributed by atoms with Gasteiger partial charge in [0, 0.05) is 18.9 Å². The first-order chi connectivity index (χ1) is 9.10. The van der Waals surface area contributed by atoms with Crippen LogP contribution in [0.3, 0.4) is 0 Å². The molecular formula is C17H23NO. The lowest BCUT2D eigenvalue weighted by Crippen LogP contribution is -2.04. The molecule has 1 N–H and O–H groups in total. The third-order valence-electron chi connectivity index (χ3n) is 3.54. The lowest BCUT2D eigenvalue weighted by atomic mass is 10.0. The Morgan fingerprint density at radius 1 is 1.05 bits per heavy atom. The summed E-state index contributed by atoms with van der Waals surface area (Å²) < 4.78 is 2.13. The van der Waals surface area contributed by atoms with Crippen LogP contribution in [0.4, 0.5) is 0 Å². The van der Waals surface area contributed by atoms with Gasteiger partial charge in [-0.3, -0.25) is 0 Å². The summed E-state index contributed by atoms with van der Waals surface area (Å²) in [6.45, 7) is 7.09. The lowest BCUT2D eigenvalue weighted by Gasteiger charge is -2.12. The van der Waals surface area contributed by atoms with E-state index < -0.39 is 0 Å². The number of aromatic nitrogens is 1. The van der Waals surface area contributed by atoms with Crippen LogP contribution in [0, 0.1) is 5.92 Å². The zero-order chi connectivity index (χ0) is 13.8. The zero-order valence-corrected chi connectivity index (χ0v) is 12.0. The highest BCUT2D eigenvalue weighted by atomic mass is 16.3. The van der Waals surface area contributed by atoms with Gasteiger partial charge < -0.3 is 9.67 Å². The first-order valence-corrected chi connectivity index (χ1v) is 7.01. The summed E-state index contributed by atoms with van der Waals surface area (Å²) in [5, 5.41) is 10.0. The lowest BCUT2D eigenvalue weighted by molar-refractivity contribution is 0.127. The second-order valence-corrected chi connectivity index (χ2v) is 5.48. The first kappa shape index (κ1) is 13.9. The van der Waals surface area contributed by atoms with Crippen LogP contribution in [0.2, 0.25) is 0 Å². The molecule has 1 heterocycles. The van der Waals surface area contributed by atoms with Crippen LogP contribution in [-0.4, -0.2) is 9.67 Å². The second-order valence-electron chi connectivity index (χ2n) is 5.48. The van der Waals surface area contributed by atoms with Crippen LogP contribution in [0.5, 0.6) is 0 Å². The molecule has 102 valence electrons. The average molecular weight is 257 g/mol. The molecule has 0 bridgehead atoms. The summed E-state index contributed by atoms with van der Waals surface area (Å²) >= 11 is 0. The van der Waals surface area contributed by atoms with Gasteiger partial charge in [0.05, 0.1) is 6.10 Å². The van der Waals surface area contributed by atoms with Crippen molar-refractivity contribution in [2.24, 2.45) is 5.92 Å². The van der Waals surface area contributed by atoms with Gasteiger partial charge in [-0.1, -0.05) is 45.0 Å². The van der Waals surface area contributed by atoms with E-state index in [1.165, 1.54) is 11.1 Å². The number of benzene rings is 1. The SMILES string of the molecule is CCc1ccc(Cn2ccc(C(O)C(C)C)c2)cc1. The minimum absolute atomic E-state index is 0.250. The topological polar surface area (TPSA) is 25.2 Å². The quantitative estimate of drug-likeness (QED) is 0.866. The molecule has 0 saturated heterocycles. The fourth-order valence-electron chi connectivity index (χ4n) is 2.21. The van der Waals surface area contributed by atoms with Crippen molar-refractivity contribution in [3.63, 3.8) is 0 Å². The summed E-state index contributed by atoms with van der Waals surface area (Å²) in [6, 6.07) is 10.7. The highest BCUT2D eigenvalue weighted by molar-refractivity contribution is 5.23. The molecular weight excluding hydrogens is 234 g/mol. The van der Waals surface area contributed by atoms with Crippen molar-refractivity contribution in [3.8, 4) is 0 Å². The van der Waals surface area contributed by atoms with Crippen LogP contribution < -0.4 is 0 Å². The third-order valence-corrected chi connectivity index (χ3v) is 3.54. The van der Waals surface area contributed by atoms with E-state index in [-0.39, 0.29) is 12.0 Å². The largest absolute Gasteiger partial charge is 0.388 e. The molecule has 0 fully saturated rings. The summed E-state index contributed by atoms with van der Waals surface area (Å²) in [5.41, 5.74) is 3.66. The minimum Gasteiger partial charge on any atom is -0.388 e. The predicted molar refractivity (Wildman–Crippen MR) is 79.2 cm³/mol. The van der Waals surface area contributed by atoms with Crippen LogP contribution in [-0.2, 0) is 13.0 Å². The molecule has 0 aliphatic heterocycles. The molecule has 0 aliphatic rings. The predicted octanol–water partition coefficient (Wildman–Crippen LogP) is 3.79. The van der Waals surface area contributed by atoms with Crippen molar-refractivity contribution in [1.29, 1.82) is 0 Å². The highest BCUT2D eigenvalue weighted by Crippen LogP contribution is 2.21. The van der Waals surface area contributed by atoms with Crippen LogP contribution in [0.1, 0.15) is 43.6 Å². The Morgan fingerprint density at radius 3 is 2.26 bits per heavy atom. The van der Waals surface area contributed by atoms with E-state index in [2.05, 4.69) is 35.8 Å². The van der Waals surface area contributed by atoms with Crippen molar-refractivity contribution >= 4 is 0 Å². The van der Waals surface area contributed by atoms with E-state index in [9.17, 15) is 5.11 Å². The number of hydrogen-bond acceptors (Lipinski definition) is 1. The normalized spacial score (nSPS) is 12.9. The molecule has 1 aromatic carbocycles. The summed E-state index contributed by atoms with van der Waals surface area (Å²) in [6.07, 6.45) is 4.78. The van der Waals surface area contributed by atoms with Crippen LogP contribution in [0.15, 0.2) is 42.7 Å². The zero-order valence-electron chi connectivity index (χ0n) is 12.0. The standard InChI is InChI=1S/C17H23NO/c1-4-14-5-7-15(8-6-14)11-18-10-9-16(12-18)17(19)13(2)3/h5-10,12-13,17,19H,4,11H2,1-3H3. The molecule has 0 spiro atoms. The van der Waals surface area contributed by atoms with Crippen LogP contribution >= 0.6 is 0 Å². The average Bonchev–Trinajstić information content (AvgIpc) is 2.87. The Hall–Kier alpha value is -1.54. The molecule has 2 heteroatoms. The molecule has 0 saturated carbocycles. The van der Waals surface area contributed by atoms with E-state index in [4.69, 9.17) is 0 Å². The van der Waals surface area contributed by atoms with Crippen molar-refractivity contribution in [2.45, 2.75) is 39.8 Å². The molecule has 1 aromatic heterocycles. The number of aliphatic hydroxyl groups excluding tert-OH is 1. The summed E-state index contributed by atoms with van der Waals surface area (Å²) in [5.74, 6) is 0.250. The Labute approximate surface area is 115 Å². The van der Waals surface area contributed by atoms with Gasteiger partial charge in [-0.05, 0) is 35.1 Å². The maximum absolute atomic E-state index is 10.0. The minimum atomic E-state index is -0.372. The fraction of sp³-hybridized carbons (Fsp3) is 0.412. The summed E-state index contributed by atoms with van der Waals surface area (Å²) in [7, 11) is 0. The maximum atomic E-state index is 10.0. The molecule has 0 amide bonds. The maximum Gasteiger partial charge on any atom is 0.0827 e. The highest BCUT2D eigenvalue weighted by Gasteiger charge is 2.12. The van der Waals surface area contributed by atoms with Crippen molar-refractivity contribution in [1.82, 2.24) is 4.57 Å². The Balaban J connectivity index is 2.06. The van der Waals surface area contributed by atoms with Crippen molar-refractivity contribution in [3.05, 3.63) is 59.4 Å². The smallest absolute Gasteiger partial charge is 0.0827 e. The molecule has 2 rings (SSSR count). The van der Waals surface area contributed by atoms with Crippen molar-refractivity contribution < 1.29 is 5.11 Å². The van der Waals surface area contributed by atoms with Gasteiger partial charge in [-0.25, -0.2) is 0 Å². The number of aryl methyl sites for hydroxylation is 1. The molecule has 1 unspecified atom stereocenters. The van der Waals surface area contributed by atoms with Gasteiger partial charge in [0.2, 0.25) is 0 Å². The second kappa shape index (κ2) is 6.07. The van der Waals surface area contributed by atoms with E-state index in [1.54, 1.807) is 0 Å². The molecule has 2 nitrogen and oxygen atoms in total. The van der Waals surface area contributed by atoms with Gasteiger partial charge >= 0.3 is 0 Å². The molecule has 0 aliphatic carbocycles. The van der Waals surface area contributed by atoms with E-state index in [1.807, 2.05) is 32.3 Å². The molecule has 0 radical (unpaired) electrons. The number of nitrogens with zero attached hydrogens (tertiary/aromatic N) is 1. The number of aliphatic hydroxyl groups is 1. The Bertz CT molecular complexity index is 510.